The van der Waals surface area contributed by atoms with Crippen LogP contribution in [0.15, 0.2) is 42.5 Å². The van der Waals surface area contributed by atoms with E-state index in [9.17, 15) is 14.0 Å². The van der Waals surface area contributed by atoms with Gasteiger partial charge in [-0.1, -0.05) is 0 Å². The minimum absolute atomic E-state index is 0.000626. The molecular weight excluding hydrogens is 367 g/mol. The quantitative estimate of drug-likeness (QED) is 0.823. The van der Waals surface area contributed by atoms with Crippen LogP contribution in [-0.4, -0.2) is 38.3 Å². The topological polar surface area (TPSA) is 77.1 Å². The van der Waals surface area contributed by atoms with Gasteiger partial charge in [0.1, 0.15) is 11.6 Å². The first-order valence-electron chi connectivity index (χ1n) is 8.93. The van der Waals surface area contributed by atoms with Crippen molar-refractivity contribution in [3.8, 4) is 17.2 Å². The molecule has 2 aliphatic rings. The largest absolute Gasteiger partial charge is 0.484 e. The van der Waals surface area contributed by atoms with Gasteiger partial charge in [-0.05, 0) is 36.4 Å². The van der Waals surface area contributed by atoms with E-state index in [0.29, 0.717) is 36.8 Å². The number of fused-ring (bicyclic) bond motifs is 1. The van der Waals surface area contributed by atoms with E-state index in [4.69, 9.17) is 14.2 Å². The van der Waals surface area contributed by atoms with Crippen molar-refractivity contribution in [2.24, 2.45) is 5.92 Å². The number of rotatable bonds is 6. The molecule has 1 N–H and O–H groups in total. The molecule has 2 amide bonds. The third kappa shape index (κ3) is 4.00. The van der Waals surface area contributed by atoms with Gasteiger partial charge in [0.2, 0.25) is 12.7 Å². The highest BCUT2D eigenvalue weighted by atomic mass is 19.1. The van der Waals surface area contributed by atoms with Crippen LogP contribution in [0, 0.1) is 11.7 Å². The van der Waals surface area contributed by atoms with E-state index in [1.54, 1.807) is 17.0 Å². The first-order chi connectivity index (χ1) is 13.6. The molecule has 8 heteroatoms. The van der Waals surface area contributed by atoms with E-state index in [2.05, 4.69) is 5.32 Å². The van der Waals surface area contributed by atoms with E-state index in [1.165, 1.54) is 24.3 Å². The summed E-state index contributed by atoms with van der Waals surface area (Å²) in [5.74, 6) is 1.06. The SMILES string of the molecule is O=C(COc1ccc(F)cc1)NC[C@@H]1CC(=O)N(c2ccc3c(c2)OCO3)C1. The summed E-state index contributed by atoms with van der Waals surface area (Å²) in [6.07, 6.45) is 0.355. The molecule has 0 aliphatic carbocycles. The summed E-state index contributed by atoms with van der Waals surface area (Å²) < 4.78 is 28.8. The van der Waals surface area contributed by atoms with Gasteiger partial charge in [-0.2, -0.15) is 0 Å². The van der Waals surface area contributed by atoms with Crippen molar-refractivity contribution in [3.05, 3.63) is 48.3 Å². The van der Waals surface area contributed by atoms with Gasteiger partial charge in [0.25, 0.3) is 5.91 Å². The average Bonchev–Trinajstić information content (AvgIpc) is 3.31. The zero-order chi connectivity index (χ0) is 19.5. The molecule has 1 fully saturated rings. The number of nitrogens with one attached hydrogen (secondary N) is 1. The van der Waals surface area contributed by atoms with Crippen LogP contribution in [0.1, 0.15) is 6.42 Å². The normalized spacial score (nSPS) is 17.7. The monoisotopic (exact) mass is 386 g/mol. The third-order valence-corrected chi connectivity index (χ3v) is 4.64. The third-order valence-electron chi connectivity index (χ3n) is 4.64. The van der Waals surface area contributed by atoms with Crippen molar-refractivity contribution in [2.45, 2.75) is 6.42 Å². The van der Waals surface area contributed by atoms with Crippen molar-refractivity contribution in [1.82, 2.24) is 5.32 Å². The van der Waals surface area contributed by atoms with E-state index < -0.39 is 0 Å². The molecule has 0 saturated carbocycles. The second kappa shape index (κ2) is 7.75. The van der Waals surface area contributed by atoms with Crippen molar-refractivity contribution in [2.75, 3.05) is 31.4 Å². The second-order valence-electron chi connectivity index (χ2n) is 6.66. The molecule has 0 bridgehead atoms. The van der Waals surface area contributed by atoms with Gasteiger partial charge in [0.15, 0.2) is 18.1 Å². The molecular formula is C20H19FN2O5. The number of benzene rings is 2. The van der Waals surface area contributed by atoms with Crippen LogP contribution < -0.4 is 24.4 Å². The zero-order valence-electron chi connectivity index (χ0n) is 15.0. The standard InChI is InChI=1S/C20H19FN2O5/c21-14-1-4-16(5-2-14)26-11-19(24)22-9-13-7-20(25)23(10-13)15-3-6-17-18(8-15)28-12-27-17/h1-6,8,13H,7,9-12H2,(H,22,24)/t13-/m0/s1. The highest BCUT2D eigenvalue weighted by Gasteiger charge is 2.31. The van der Waals surface area contributed by atoms with Gasteiger partial charge in [-0.15, -0.1) is 0 Å². The highest BCUT2D eigenvalue weighted by molar-refractivity contribution is 5.96. The highest BCUT2D eigenvalue weighted by Crippen LogP contribution is 2.37. The first-order valence-corrected chi connectivity index (χ1v) is 8.93. The van der Waals surface area contributed by atoms with Crippen molar-refractivity contribution >= 4 is 17.5 Å². The molecule has 28 heavy (non-hydrogen) atoms. The molecule has 7 nitrogen and oxygen atoms in total. The minimum Gasteiger partial charge on any atom is -0.484 e. The van der Waals surface area contributed by atoms with E-state index in [0.717, 1.165) is 5.69 Å². The summed E-state index contributed by atoms with van der Waals surface area (Å²) in [6.45, 7) is 0.898. The van der Waals surface area contributed by atoms with Crippen LogP contribution in [0.2, 0.25) is 0 Å². The fourth-order valence-electron chi connectivity index (χ4n) is 3.21. The molecule has 2 heterocycles. The van der Waals surface area contributed by atoms with Gasteiger partial charge < -0.3 is 24.4 Å². The number of anilines is 1. The summed E-state index contributed by atoms with van der Waals surface area (Å²) in [5, 5.41) is 2.78. The van der Waals surface area contributed by atoms with Gasteiger partial charge in [-0.25, -0.2) is 4.39 Å². The summed E-state index contributed by atoms with van der Waals surface area (Å²) in [5.41, 5.74) is 0.753. The Kier molecular flexibility index (Phi) is 5.01. The lowest BCUT2D eigenvalue weighted by atomic mass is 10.1. The maximum absolute atomic E-state index is 12.9. The Bertz CT molecular complexity index is 887. The van der Waals surface area contributed by atoms with Crippen molar-refractivity contribution < 1.29 is 28.2 Å². The van der Waals surface area contributed by atoms with Gasteiger partial charge in [-0.3, -0.25) is 9.59 Å². The lowest BCUT2D eigenvalue weighted by Gasteiger charge is -2.17. The zero-order valence-corrected chi connectivity index (χ0v) is 15.0. The first kappa shape index (κ1) is 18.1. The summed E-state index contributed by atoms with van der Waals surface area (Å²) in [6, 6.07) is 10.8. The minimum atomic E-state index is -0.366. The number of carbonyl (C=O) groups excluding carboxylic acids is 2. The number of halogens is 1. The molecule has 0 unspecified atom stereocenters. The van der Waals surface area contributed by atoms with Crippen LogP contribution in [0.25, 0.3) is 0 Å². The Balaban J connectivity index is 1.26. The molecule has 1 atom stereocenters. The Morgan fingerprint density at radius 1 is 1.18 bits per heavy atom. The maximum atomic E-state index is 12.9. The molecule has 0 radical (unpaired) electrons. The van der Waals surface area contributed by atoms with Crippen LogP contribution in [0.4, 0.5) is 10.1 Å². The Labute approximate surface area is 161 Å². The second-order valence-corrected chi connectivity index (χ2v) is 6.66. The number of amides is 2. The Morgan fingerprint density at radius 3 is 2.79 bits per heavy atom. The van der Waals surface area contributed by atoms with Crippen molar-refractivity contribution in [1.29, 1.82) is 0 Å². The predicted molar refractivity (Wildman–Crippen MR) is 97.9 cm³/mol. The molecule has 0 aromatic heterocycles. The van der Waals surface area contributed by atoms with Gasteiger partial charge in [0.05, 0.1) is 0 Å². The summed E-state index contributed by atoms with van der Waals surface area (Å²) in [7, 11) is 0. The number of hydrogen-bond donors (Lipinski definition) is 1. The smallest absolute Gasteiger partial charge is 0.257 e. The number of ether oxygens (including phenoxy) is 3. The predicted octanol–water partition coefficient (Wildman–Crippen LogP) is 2.10. The van der Waals surface area contributed by atoms with Gasteiger partial charge >= 0.3 is 0 Å². The summed E-state index contributed by atoms with van der Waals surface area (Å²) in [4.78, 5) is 26.0. The van der Waals surface area contributed by atoms with E-state index >= 15 is 0 Å². The molecule has 1 saturated heterocycles. The van der Waals surface area contributed by atoms with E-state index in [-0.39, 0.29) is 36.9 Å². The molecule has 0 spiro atoms. The lowest BCUT2D eigenvalue weighted by molar-refractivity contribution is -0.123. The average molecular weight is 386 g/mol. The fourth-order valence-corrected chi connectivity index (χ4v) is 3.21. The van der Waals surface area contributed by atoms with Crippen LogP contribution in [0.5, 0.6) is 17.2 Å². The molecule has 2 aliphatic heterocycles. The Hall–Kier alpha value is -3.29. The fraction of sp³-hybridized carbons (Fsp3) is 0.300. The Morgan fingerprint density at radius 2 is 1.96 bits per heavy atom. The number of carbonyl (C=O) groups is 2. The molecule has 146 valence electrons. The van der Waals surface area contributed by atoms with Crippen LogP contribution >= 0.6 is 0 Å². The maximum Gasteiger partial charge on any atom is 0.257 e. The van der Waals surface area contributed by atoms with Gasteiger partial charge in [0, 0.05) is 37.2 Å². The number of hydrogen-bond acceptors (Lipinski definition) is 5. The molecule has 2 aromatic rings. The molecule has 4 rings (SSSR count). The lowest BCUT2D eigenvalue weighted by Crippen LogP contribution is -2.34. The van der Waals surface area contributed by atoms with Crippen LogP contribution in [-0.2, 0) is 9.59 Å². The van der Waals surface area contributed by atoms with Crippen LogP contribution in [0.3, 0.4) is 0 Å². The molecule has 2 aromatic carbocycles. The number of nitrogens with zero attached hydrogens (tertiary/aromatic N) is 1. The van der Waals surface area contributed by atoms with E-state index in [1.807, 2.05) is 6.07 Å². The van der Waals surface area contributed by atoms with Crippen molar-refractivity contribution in [3.63, 3.8) is 0 Å². The summed E-state index contributed by atoms with van der Waals surface area (Å²) >= 11 is 0.